The first-order chi connectivity index (χ1) is 11.4. The van der Waals surface area contributed by atoms with Gasteiger partial charge in [0.25, 0.3) is 0 Å². The van der Waals surface area contributed by atoms with Crippen LogP contribution in [0.5, 0.6) is 0 Å². The summed E-state index contributed by atoms with van der Waals surface area (Å²) in [6.45, 7) is 3.68. The standard InChI is InChI=1S/C18H17BrN2O2S/c1-18(2,24(20)22)11-10-12-6-3-4-7-13(12)16-14-8-5-9-15(19)17(14)23-21-16/h3-11H,20H2,1-2H3/t24-/m0/s1. The third kappa shape index (κ3) is 3.22. The van der Waals surface area contributed by atoms with Crippen LogP contribution < -0.4 is 5.14 Å². The molecule has 0 unspecified atom stereocenters. The van der Waals surface area contributed by atoms with Gasteiger partial charge >= 0.3 is 0 Å². The zero-order valence-electron chi connectivity index (χ0n) is 13.3. The van der Waals surface area contributed by atoms with Crippen molar-refractivity contribution in [2.75, 3.05) is 0 Å². The molecular weight excluding hydrogens is 388 g/mol. The summed E-state index contributed by atoms with van der Waals surface area (Å²) in [5, 5.41) is 10.7. The van der Waals surface area contributed by atoms with E-state index in [1.165, 1.54) is 0 Å². The van der Waals surface area contributed by atoms with E-state index in [1.807, 2.05) is 68.5 Å². The van der Waals surface area contributed by atoms with Crippen LogP contribution in [0.3, 0.4) is 0 Å². The fraction of sp³-hybridized carbons (Fsp3) is 0.167. The SMILES string of the molecule is CC(C)(C=Cc1ccccc1-c1noc2c(Br)cccc12)[S@@](N)=O. The molecule has 0 saturated heterocycles. The van der Waals surface area contributed by atoms with Gasteiger partial charge in [-0.15, -0.1) is 0 Å². The molecule has 0 amide bonds. The van der Waals surface area contributed by atoms with Gasteiger partial charge in [0.2, 0.25) is 0 Å². The maximum Gasteiger partial charge on any atom is 0.181 e. The first kappa shape index (κ1) is 17.1. The summed E-state index contributed by atoms with van der Waals surface area (Å²) >= 11 is 3.48. The van der Waals surface area contributed by atoms with E-state index >= 15 is 0 Å². The highest BCUT2D eigenvalue weighted by Crippen LogP contribution is 2.34. The number of nitrogens with two attached hydrogens (primary N) is 1. The van der Waals surface area contributed by atoms with E-state index in [1.54, 1.807) is 0 Å². The topological polar surface area (TPSA) is 69.1 Å². The number of benzene rings is 2. The molecule has 0 spiro atoms. The van der Waals surface area contributed by atoms with Gasteiger partial charge < -0.3 is 4.52 Å². The predicted molar refractivity (Wildman–Crippen MR) is 103 cm³/mol. The highest BCUT2D eigenvalue weighted by atomic mass is 79.9. The van der Waals surface area contributed by atoms with Crippen LogP contribution in [0.15, 0.2) is 57.5 Å². The average Bonchev–Trinajstić information content (AvgIpc) is 2.98. The summed E-state index contributed by atoms with van der Waals surface area (Å²) in [5.74, 6) is 0. The summed E-state index contributed by atoms with van der Waals surface area (Å²) < 4.78 is 17.4. The Morgan fingerprint density at radius 1 is 1.21 bits per heavy atom. The number of fused-ring (bicyclic) bond motifs is 1. The summed E-state index contributed by atoms with van der Waals surface area (Å²) in [6, 6.07) is 13.7. The molecule has 4 nitrogen and oxygen atoms in total. The van der Waals surface area contributed by atoms with Crippen molar-refractivity contribution >= 4 is 44.0 Å². The van der Waals surface area contributed by atoms with E-state index in [-0.39, 0.29) is 0 Å². The Bertz CT molecular complexity index is 947. The van der Waals surface area contributed by atoms with Crippen LogP contribution in [0.2, 0.25) is 0 Å². The Morgan fingerprint density at radius 2 is 1.96 bits per heavy atom. The highest BCUT2D eigenvalue weighted by molar-refractivity contribution is 9.10. The second-order valence-electron chi connectivity index (χ2n) is 5.97. The van der Waals surface area contributed by atoms with Gasteiger partial charge in [0.1, 0.15) is 5.69 Å². The van der Waals surface area contributed by atoms with Gasteiger partial charge in [-0.25, -0.2) is 4.21 Å². The van der Waals surface area contributed by atoms with E-state index in [9.17, 15) is 4.21 Å². The number of halogens is 1. The third-order valence-electron chi connectivity index (χ3n) is 3.85. The monoisotopic (exact) mass is 404 g/mol. The van der Waals surface area contributed by atoms with Crippen molar-refractivity contribution < 1.29 is 8.73 Å². The first-order valence-corrected chi connectivity index (χ1v) is 9.39. The number of hydrogen-bond donors (Lipinski definition) is 1. The summed E-state index contributed by atoms with van der Waals surface area (Å²) in [7, 11) is -1.45. The molecule has 124 valence electrons. The van der Waals surface area contributed by atoms with Crippen molar-refractivity contribution in [1.29, 1.82) is 0 Å². The quantitative estimate of drug-likeness (QED) is 0.686. The number of para-hydroxylation sites is 1. The third-order valence-corrected chi connectivity index (χ3v) is 5.65. The largest absolute Gasteiger partial charge is 0.354 e. The number of rotatable bonds is 4. The summed E-state index contributed by atoms with van der Waals surface area (Å²) in [4.78, 5) is 0. The minimum atomic E-state index is -1.45. The smallest absolute Gasteiger partial charge is 0.181 e. The molecule has 0 saturated carbocycles. The Balaban J connectivity index is 2.11. The number of hydrogen-bond acceptors (Lipinski definition) is 3. The highest BCUT2D eigenvalue weighted by Gasteiger charge is 2.20. The van der Waals surface area contributed by atoms with Crippen LogP contribution >= 0.6 is 15.9 Å². The molecule has 2 N–H and O–H groups in total. The van der Waals surface area contributed by atoms with Gasteiger partial charge in [0, 0.05) is 5.56 Å². The predicted octanol–water partition coefficient (Wildman–Crippen LogP) is 4.67. The van der Waals surface area contributed by atoms with Gasteiger partial charge in [-0.05, 0) is 47.5 Å². The molecule has 3 aromatic rings. The maximum atomic E-state index is 11.6. The van der Waals surface area contributed by atoms with Gasteiger partial charge in [-0.3, -0.25) is 5.14 Å². The fourth-order valence-corrected chi connectivity index (χ4v) is 2.98. The van der Waals surface area contributed by atoms with Crippen LogP contribution in [0, 0.1) is 0 Å². The van der Waals surface area contributed by atoms with E-state index < -0.39 is 15.7 Å². The van der Waals surface area contributed by atoms with E-state index in [0.717, 1.165) is 32.3 Å². The molecule has 0 aliphatic heterocycles. The molecule has 1 heterocycles. The molecule has 24 heavy (non-hydrogen) atoms. The second-order valence-corrected chi connectivity index (χ2v) is 8.47. The van der Waals surface area contributed by atoms with Crippen LogP contribution in [-0.2, 0) is 11.0 Å². The molecule has 3 rings (SSSR count). The Morgan fingerprint density at radius 3 is 2.71 bits per heavy atom. The van der Waals surface area contributed by atoms with Crippen molar-refractivity contribution in [2.45, 2.75) is 18.6 Å². The number of nitrogens with zero attached hydrogens (tertiary/aromatic N) is 1. The lowest BCUT2D eigenvalue weighted by Crippen LogP contribution is -2.29. The number of aromatic nitrogens is 1. The van der Waals surface area contributed by atoms with Crippen LogP contribution in [-0.4, -0.2) is 14.1 Å². The van der Waals surface area contributed by atoms with Gasteiger partial charge in [-0.2, -0.15) is 0 Å². The molecule has 2 aromatic carbocycles. The Kier molecular flexibility index (Phi) is 4.71. The molecule has 0 fully saturated rings. The van der Waals surface area contributed by atoms with Crippen LogP contribution in [0.4, 0.5) is 0 Å². The van der Waals surface area contributed by atoms with Crippen molar-refractivity contribution in [3.05, 3.63) is 58.6 Å². The lowest BCUT2D eigenvalue weighted by Gasteiger charge is -2.15. The molecule has 6 heteroatoms. The van der Waals surface area contributed by atoms with Gasteiger partial charge in [-0.1, -0.05) is 47.6 Å². The fourth-order valence-electron chi connectivity index (χ4n) is 2.34. The lowest BCUT2D eigenvalue weighted by molar-refractivity contribution is 0.458. The lowest BCUT2D eigenvalue weighted by atomic mass is 10.0. The minimum Gasteiger partial charge on any atom is -0.354 e. The van der Waals surface area contributed by atoms with Crippen molar-refractivity contribution in [3.8, 4) is 11.3 Å². The van der Waals surface area contributed by atoms with E-state index in [4.69, 9.17) is 9.66 Å². The summed E-state index contributed by atoms with van der Waals surface area (Å²) in [6.07, 6.45) is 3.79. The van der Waals surface area contributed by atoms with Gasteiger partial charge in [0.15, 0.2) is 5.58 Å². The maximum absolute atomic E-state index is 11.6. The van der Waals surface area contributed by atoms with Gasteiger partial charge in [0.05, 0.1) is 25.6 Å². The molecule has 0 radical (unpaired) electrons. The molecule has 0 bridgehead atoms. The zero-order valence-corrected chi connectivity index (χ0v) is 15.7. The first-order valence-electron chi connectivity index (χ1n) is 7.39. The zero-order chi connectivity index (χ0) is 17.3. The summed E-state index contributed by atoms with van der Waals surface area (Å²) in [5.41, 5.74) is 3.41. The van der Waals surface area contributed by atoms with Crippen molar-refractivity contribution in [3.63, 3.8) is 0 Å². The minimum absolute atomic E-state index is 0.609. The van der Waals surface area contributed by atoms with Crippen molar-refractivity contribution in [2.24, 2.45) is 5.14 Å². The van der Waals surface area contributed by atoms with Crippen LogP contribution in [0.1, 0.15) is 19.4 Å². The molecule has 0 aliphatic rings. The molecule has 0 aliphatic carbocycles. The van der Waals surface area contributed by atoms with E-state index in [2.05, 4.69) is 21.1 Å². The molecule has 1 aromatic heterocycles. The average molecular weight is 405 g/mol. The molecule has 1 atom stereocenters. The Labute approximate surface area is 151 Å². The van der Waals surface area contributed by atoms with Crippen molar-refractivity contribution in [1.82, 2.24) is 5.16 Å². The second kappa shape index (κ2) is 6.63. The van der Waals surface area contributed by atoms with E-state index in [0.29, 0.717) is 0 Å². The normalized spacial score (nSPS) is 13.7. The van der Waals surface area contributed by atoms with Crippen LogP contribution in [0.25, 0.3) is 28.3 Å². The Hall–Kier alpha value is -1.76. The molecular formula is C18H17BrN2O2S.